The molecule has 0 aliphatic carbocycles. The number of para-hydroxylation sites is 1. The Hall–Kier alpha value is -2.41. The van der Waals surface area contributed by atoms with Crippen LogP contribution in [0.25, 0.3) is 0 Å². The van der Waals surface area contributed by atoms with E-state index in [4.69, 9.17) is 0 Å². The number of anilines is 1. The highest BCUT2D eigenvalue weighted by atomic mass is 79.9. The summed E-state index contributed by atoms with van der Waals surface area (Å²) in [7, 11) is 0. The van der Waals surface area contributed by atoms with Crippen LogP contribution in [0.2, 0.25) is 0 Å². The van der Waals surface area contributed by atoms with Gasteiger partial charge in [0.25, 0.3) is 5.69 Å². The second kappa shape index (κ2) is 6.36. The molecule has 0 fully saturated rings. The third-order valence-corrected chi connectivity index (χ3v) is 3.29. The maximum Gasteiger partial charge on any atom is 0.296 e. The summed E-state index contributed by atoms with van der Waals surface area (Å²) < 4.78 is 0.892. The Labute approximate surface area is 128 Å². The first-order valence-corrected chi connectivity index (χ1v) is 6.77. The molecule has 0 aliphatic heterocycles. The van der Waals surface area contributed by atoms with Crippen molar-refractivity contribution in [1.29, 1.82) is 0 Å². The normalized spacial score (nSPS) is 10.1. The van der Waals surface area contributed by atoms with Gasteiger partial charge in [0.05, 0.1) is 11.3 Å². The first-order valence-electron chi connectivity index (χ1n) is 5.98. The lowest BCUT2D eigenvalue weighted by Gasteiger charge is -2.08. The first-order chi connectivity index (χ1) is 9.97. The van der Waals surface area contributed by atoms with Gasteiger partial charge in [-0.05, 0) is 23.8 Å². The first kappa shape index (κ1) is 15.0. The lowest BCUT2D eigenvalue weighted by molar-refractivity contribution is -0.384. The number of rotatable bonds is 4. The average Bonchev–Trinajstić information content (AvgIpc) is 2.43. The van der Waals surface area contributed by atoms with E-state index >= 15 is 0 Å². The van der Waals surface area contributed by atoms with Gasteiger partial charge in [0, 0.05) is 10.5 Å². The molecule has 2 aromatic rings. The highest BCUT2D eigenvalue weighted by Crippen LogP contribution is 2.33. The molecule has 0 aliphatic rings. The van der Waals surface area contributed by atoms with Crippen LogP contribution in [0.4, 0.5) is 11.4 Å². The average molecular weight is 351 g/mol. The molecule has 0 unspecified atom stereocenters. The molecule has 0 spiro atoms. The molecule has 2 N–H and O–H groups in total. The van der Waals surface area contributed by atoms with Crippen LogP contribution in [0.3, 0.4) is 0 Å². The summed E-state index contributed by atoms with van der Waals surface area (Å²) in [4.78, 5) is 22.2. The van der Waals surface area contributed by atoms with Crippen molar-refractivity contribution in [3.05, 3.63) is 62.6 Å². The van der Waals surface area contributed by atoms with Gasteiger partial charge >= 0.3 is 0 Å². The highest BCUT2D eigenvalue weighted by molar-refractivity contribution is 9.10. The molecule has 7 heteroatoms. The number of phenols is 1. The maximum atomic E-state index is 11.9. The summed E-state index contributed by atoms with van der Waals surface area (Å²) in [6, 6.07) is 11.0. The van der Waals surface area contributed by atoms with Crippen molar-refractivity contribution >= 4 is 33.2 Å². The van der Waals surface area contributed by atoms with Gasteiger partial charge in [-0.2, -0.15) is 0 Å². The van der Waals surface area contributed by atoms with E-state index in [1.165, 1.54) is 18.2 Å². The number of nitro benzene ring substituents is 1. The van der Waals surface area contributed by atoms with Crippen molar-refractivity contribution < 1.29 is 14.8 Å². The van der Waals surface area contributed by atoms with E-state index in [0.29, 0.717) is 0 Å². The minimum Gasteiger partial charge on any atom is -0.505 e. The van der Waals surface area contributed by atoms with Gasteiger partial charge in [-0.3, -0.25) is 14.9 Å². The molecule has 0 atom stereocenters. The Morgan fingerprint density at radius 1 is 1.24 bits per heavy atom. The van der Waals surface area contributed by atoms with Crippen molar-refractivity contribution in [3.63, 3.8) is 0 Å². The van der Waals surface area contributed by atoms with E-state index in [1.807, 2.05) is 0 Å². The van der Waals surface area contributed by atoms with Crippen LogP contribution >= 0.6 is 15.9 Å². The Kier molecular flexibility index (Phi) is 4.54. The van der Waals surface area contributed by atoms with Crippen molar-refractivity contribution in [2.24, 2.45) is 0 Å². The molecule has 0 saturated carbocycles. The lowest BCUT2D eigenvalue weighted by atomic mass is 10.1. The summed E-state index contributed by atoms with van der Waals surface area (Å²) in [5, 5.41) is 22.9. The minimum atomic E-state index is -0.658. The number of carbonyl (C=O) groups excluding carboxylic acids is 1. The summed E-state index contributed by atoms with van der Waals surface area (Å²) in [6.07, 6.45) is 0.0543. The fourth-order valence-electron chi connectivity index (χ4n) is 1.78. The van der Waals surface area contributed by atoms with Crippen molar-refractivity contribution in [2.45, 2.75) is 6.42 Å². The van der Waals surface area contributed by atoms with Crippen LogP contribution in [0.5, 0.6) is 5.75 Å². The van der Waals surface area contributed by atoms with E-state index in [-0.39, 0.29) is 23.5 Å². The zero-order valence-corrected chi connectivity index (χ0v) is 12.3. The summed E-state index contributed by atoms with van der Waals surface area (Å²) in [5.41, 5.74) is 0.220. The van der Waals surface area contributed by atoms with Crippen LogP contribution in [0.1, 0.15) is 5.56 Å². The summed E-state index contributed by atoms with van der Waals surface area (Å²) >= 11 is 3.29. The van der Waals surface area contributed by atoms with Crippen LogP contribution in [-0.4, -0.2) is 15.9 Å². The number of hydrogen-bond acceptors (Lipinski definition) is 4. The number of phenolic OH excluding ortho intramolecular Hbond substituents is 1. The fourth-order valence-corrected chi connectivity index (χ4v) is 2.04. The van der Waals surface area contributed by atoms with Crippen LogP contribution in [0.15, 0.2) is 46.9 Å². The number of hydrogen-bond donors (Lipinski definition) is 2. The summed E-state index contributed by atoms with van der Waals surface area (Å²) in [5.74, 6) is -0.782. The molecule has 2 aromatic carbocycles. The topological polar surface area (TPSA) is 92.5 Å². The Balaban J connectivity index is 2.16. The second-order valence-corrected chi connectivity index (χ2v) is 5.20. The van der Waals surface area contributed by atoms with Gasteiger partial charge in [0.15, 0.2) is 5.69 Å². The predicted molar refractivity (Wildman–Crippen MR) is 81.2 cm³/mol. The fraction of sp³-hybridized carbons (Fsp3) is 0.0714. The second-order valence-electron chi connectivity index (χ2n) is 4.28. The van der Waals surface area contributed by atoms with Gasteiger partial charge in [-0.1, -0.05) is 34.1 Å². The monoisotopic (exact) mass is 350 g/mol. The number of aromatic hydroxyl groups is 1. The van der Waals surface area contributed by atoms with Gasteiger partial charge < -0.3 is 10.4 Å². The molecule has 21 heavy (non-hydrogen) atoms. The SMILES string of the molecule is O=C(Cc1ccc(Br)cc1)Nc1c(O)cccc1[N+](=O)[O-]. The quantitative estimate of drug-likeness (QED) is 0.502. The smallest absolute Gasteiger partial charge is 0.296 e. The van der Waals surface area contributed by atoms with Gasteiger partial charge in [-0.15, -0.1) is 0 Å². The maximum absolute atomic E-state index is 11.9. The van der Waals surface area contributed by atoms with Crippen LogP contribution in [0, 0.1) is 10.1 Å². The molecule has 2 rings (SSSR count). The molecule has 0 heterocycles. The predicted octanol–water partition coefficient (Wildman–Crippen LogP) is 3.24. The van der Waals surface area contributed by atoms with Crippen LogP contribution < -0.4 is 5.32 Å². The molecule has 108 valence electrons. The van der Waals surface area contributed by atoms with E-state index in [1.54, 1.807) is 24.3 Å². The number of nitrogens with one attached hydrogen (secondary N) is 1. The molecular formula is C14H11BrN2O4. The Morgan fingerprint density at radius 2 is 1.90 bits per heavy atom. The molecule has 0 bridgehead atoms. The zero-order valence-electron chi connectivity index (χ0n) is 10.7. The molecular weight excluding hydrogens is 340 g/mol. The molecule has 0 radical (unpaired) electrons. The van der Waals surface area contributed by atoms with Gasteiger partial charge in [-0.25, -0.2) is 0 Å². The van der Waals surface area contributed by atoms with Crippen molar-refractivity contribution in [1.82, 2.24) is 0 Å². The van der Waals surface area contributed by atoms with E-state index < -0.39 is 10.8 Å². The number of halogens is 1. The minimum absolute atomic E-state index is 0.0543. The number of amides is 1. The molecule has 1 amide bonds. The number of nitrogens with zero attached hydrogens (tertiary/aromatic N) is 1. The lowest BCUT2D eigenvalue weighted by Crippen LogP contribution is -2.15. The van der Waals surface area contributed by atoms with Crippen molar-refractivity contribution in [2.75, 3.05) is 5.32 Å². The third kappa shape index (κ3) is 3.79. The van der Waals surface area contributed by atoms with E-state index in [0.717, 1.165) is 10.0 Å². The molecule has 0 saturated heterocycles. The van der Waals surface area contributed by atoms with E-state index in [2.05, 4.69) is 21.2 Å². The zero-order chi connectivity index (χ0) is 15.4. The van der Waals surface area contributed by atoms with E-state index in [9.17, 15) is 20.0 Å². The number of carbonyl (C=O) groups is 1. The molecule has 6 nitrogen and oxygen atoms in total. The van der Waals surface area contributed by atoms with Crippen molar-refractivity contribution in [3.8, 4) is 5.75 Å². The Bertz CT molecular complexity index is 686. The third-order valence-electron chi connectivity index (χ3n) is 2.76. The number of benzene rings is 2. The summed E-state index contributed by atoms with van der Waals surface area (Å²) in [6.45, 7) is 0. The van der Waals surface area contributed by atoms with Gasteiger partial charge in [0.2, 0.25) is 5.91 Å². The standard InChI is InChI=1S/C14H11BrN2O4/c15-10-6-4-9(5-7-10)8-13(19)16-14-11(17(20)21)2-1-3-12(14)18/h1-7,18H,8H2,(H,16,19). The van der Waals surface area contributed by atoms with Crippen LogP contribution in [-0.2, 0) is 11.2 Å². The largest absolute Gasteiger partial charge is 0.505 e. The Morgan fingerprint density at radius 3 is 2.52 bits per heavy atom. The number of nitro groups is 1. The highest BCUT2D eigenvalue weighted by Gasteiger charge is 2.19. The van der Waals surface area contributed by atoms with Gasteiger partial charge in [0.1, 0.15) is 5.75 Å². The molecule has 0 aromatic heterocycles.